The molecule has 0 amide bonds. The lowest BCUT2D eigenvalue weighted by Crippen LogP contribution is -1.89. The van der Waals surface area contributed by atoms with Gasteiger partial charge in [0.25, 0.3) is 0 Å². The average molecular weight is 177 g/mol. The largest absolute Gasteiger partial charge is 0.390 e. The second-order valence-corrected chi connectivity index (χ2v) is 2.80. The predicted molar refractivity (Wildman–Crippen MR) is 47.6 cm³/mol. The molecule has 0 saturated heterocycles. The van der Waals surface area contributed by atoms with Crippen molar-refractivity contribution < 1.29 is 9.50 Å². The standard InChI is InChI=1S/C10H8FNO/c11-8-2-4-10-7(5-8)1-3-9(6-13)12-10/h1-5,13H,6H2. The van der Waals surface area contributed by atoms with E-state index in [0.717, 1.165) is 5.39 Å². The van der Waals surface area contributed by atoms with Crippen LogP contribution in [0.1, 0.15) is 5.69 Å². The van der Waals surface area contributed by atoms with Gasteiger partial charge in [-0.15, -0.1) is 0 Å². The first-order valence-corrected chi connectivity index (χ1v) is 3.95. The smallest absolute Gasteiger partial charge is 0.123 e. The third-order valence-corrected chi connectivity index (χ3v) is 1.87. The van der Waals surface area contributed by atoms with Gasteiger partial charge in [0.2, 0.25) is 0 Å². The van der Waals surface area contributed by atoms with Crippen LogP contribution in [0.15, 0.2) is 30.3 Å². The maximum absolute atomic E-state index is 12.7. The number of benzene rings is 1. The molecule has 1 heterocycles. The van der Waals surface area contributed by atoms with E-state index < -0.39 is 0 Å². The molecular weight excluding hydrogens is 169 g/mol. The Morgan fingerprint density at radius 2 is 2.08 bits per heavy atom. The fraction of sp³-hybridized carbons (Fsp3) is 0.100. The summed E-state index contributed by atoms with van der Waals surface area (Å²) in [6, 6.07) is 7.81. The van der Waals surface area contributed by atoms with E-state index in [-0.39, 0.29) is 12.4 Å². The van der Waals surface area contributed by atoms with E-state index in [1.54, 1.807) is 18.2 Å². The summed E-state index contributed by atoms with van der Waals surface area (Å²) in [7, 11) is 0. The summed E-state index contributed by atoms with van der Waals surface area (Å²) in [5, 5.41) is 9.56. The normalized spacial score (nSPS) is 10.6. The van der Waals surface area contributed by atoms with Gasteiger partial charge < -0.3 is 5.11 Å². The molecule has 1 N–H and O–H groups in total. The van der Waals surface area contributed by atoms with Gasteiger partial charge >= 0.3 is 0 Å². The molecule has 2 aromatic rings. The summed E-state index contributed by atoms with van der Waals surface area (Å²) in [6.07, 6.45) is 0. The Labute approximate surface area is 74.7 Å². The van der Waals surface area contributed by atoms with Crippen molar-refractivity contribution in [2.24, 2.45) is 0 Å². The van der Waals surface area contributed by atoms with E-state index in [9.17, 15) is 4.39 Å². The van der Waals surface area contributed by atoms with Crippen LogP contribution in [-0.4, -0.2) is 10.1 Å². The zero-order chi connectivity index (χ0) is 9.26. The van der Waals surface area contributed by atoms with Crippen molar-refractivity contribution in [2.75, 3.05) is 0 Å². The van der Waals surface area contributed by atoms with Crippen LogP contribution >= 0.6 is 0 Å². The van der Waals surface area contributed by atoms with Gasteiger partial charge in [0.05, 0.1) is 17.8 Å². The maximum Gasteiger partial charge on any atom is 0.123 e. The number of pyridine rings is 1. The van der Waals surface area contributed by atoms with Crippen LogP contribution in [0.5, 0.6) is 0 Å². The first-order valence-electron chi connectivity index (χ1n) is 3.95. The van der Waals surface area contributed by atoms with Crippen molar-refractivity contribution in [3.8, 4) is 0 Å². The van der Waals surface area contributed by atoms with E-state index >= 15 is 0 Å². The van der Waals surface area contributed by atoms with Crippen LogP contribution in [0.2, 0.25) is 0 Å². The van der Waals surface area contributed by atoms with Crippen LogP contribution in [0, 0.1) is 5.82 Å². The second-order valence-electron chi connectivity index (χ2n) is 2.80. The minimum absolute atomic E-state index is 0.0900. The lowest BCUT2D eigenvalue weighted by Gasteiger charge is -1.99. The molecule has 0 aliphatic rings. The molecule has 0 unspecified atom stereocenters. The Balaban J connectivity index is 2.66. The van der Waals surface area contributed by atoms with Gasteiger partial charge in [-0.25, -0.2) is 4.39 Å². The average Bonchev–Trinajstić information content (AvgIpc) is 2.17. The highest BCUT2D eigenvalue weighted by Gasteiger charge is 1.98. The lowest BCUT2D eigenvalue weighted by molar-refractivity contribution is 0.277. The fourth-order valence-corrected chi connectivity index (χ4v) is 1.23. The van der Waals surface area contributed by atoms with Gasteiger partial charge in [-0.1, -0.05) is 6.07 Å². The molecule has 1 aromatic heterocycles. The highest BCUT2D eigenvalue weighted by atomic mass is 19.1. The molecule has 2 rings (SSSR count). The van der Waals surface area contributed by atoms with Gasteiger partial charge in [0.15, 0.2) is 0 Å². The number of rotatable bonds is 1. The van der Waals surface area contributed by atoms with Gasteiger partial charge in [-0.2, -0.15) is 0 Å². The molecule has 0 fully saturated rings. The van der Waals surface area contributed by atoms with Crippen molar-refractivity contribution in [1.82, 2.24) is 4.98 Å². The van der Waals surface area contributed by atoms with Gasteiger partial charge in [-0.3, -0.25) is 4.98 Å². The van der Waals surface area contributed by atoms with Crippen molar-refractivity contribution in [1.29, 1.82) is 0 Å². The molecule has 0 atom stereocenters. The molecule has 0 aliphatic carbocycles. The number of aliphatic hydroxyl groups is 1. The Kier molecular flexibility index (Phi) is 1.94. The predicted octanol–water partition coefficient (Wildman–Crippen LogP) is 1.87. The van der Waals surface area contributed by atoms with Crippen LogP contribution in [0.25, 0.3) is 10.9 Å². The van der Waals surface area contributed by atoms with Crippen LogP contribution in [0.4, 0.5) is 4.39 Å². The topological polar surface area (TPSA) is 33.1 Å². The van der Waals surface area contributed by atoms with Gasteiger partial charge in [0, 0.05) is 5.39 Å². The van der Waals surface area contributed by atoms with Crippen molar-refractivity contribution in [2.45, 2.75) is 6.61 Å². The number of fused-ring (bicyclic) bond motifs is 1. The number of hydrogen-bond donors (Lipinski definition) is 1. The highest BCUT2D eigenvalue weighted by molar-refractivity contribution is 5.78. The molecule has 66 valence electrons. The maximum atomic E-state index is 12.7. The minimum Gasteiger partial charge on any atom is -0.390 e. The number of halogens is 1. The van der Waals surface area contributed by atoms with Gasteiger partial charge in [0.1, 0.15) is 5.82 Å². The van der Waals surface area contributed by atoms with Crippen molar-refractivity contribution >= 4 is 10.9 Å². The quantitative estimate of drug-likeness (QED) is 0.721. The van der Waals surface area contributed by atoms with Crippen molar-refractivity contribution in [3.63, 3.8) is 0 Å². The molecule has 13 heavy (non-hydrogen) atoms. The molecule has 0 bridgehead atoms. The van der Waals surface area contributed by atoms with Crippen LogP contribution in [0.3, 0.4) is 0 Å². The van der Waals surface area contributed by atoms with E-state index in [4.69, 9.17) is 5.11 Å². The fourth-order valence-electron chi connectivity index (χ4n) is 1.23. The zero-order valence-electron chi connectivity index (χ0n) is 6.87. The Morgan fingerprint density at radius 1 is 1.23 bits per heavy atom. The highest BCUT2D eigenvalue weighted by Crippen LogP contribution is 2.13. The molecule has 1 aromatic carbocycles. The summed E-state index contributed by atoms with van der Waals surface area (Å²) in [4.78, 5) is 4.12. The number of hydrogen-bond acceptors (Lipinski definition) is 2. The van der Waals surface area contributed by atoms with E-state index in [0.29, 0.717) is 11.2 Å². The summed E-state index contributed by atoms with van der Waals surface area (Å²) in [6.45, 7) is -0.0900. The molecule has 3 heteroatoms. The van der Waals surface area contributed by atoms with Gasteiger partial charge in [-0.05, 0) is 24.3 Å². The Hall–Kier alpha value is -1.48. The van der Waals surface area contributed by atoms with Crippen molar-refractivity contribution in [3.05, 3.63) is 41.8 Å². The summed E-state index contributed by atoms with van der Waals surface area (Å²) in [5.41, 5.74) is 1.30. The lowest BCUT2D eigenvalue weighted by atomic mass is 10.2. The first-order chi connectivity index (χ1) is 6.29. The Bertz CT molecular complexity index is 442. The van der Waals surface area contributed by atoms with Crippen LogP contribution in [-0.2, 0) is 6.61 Å². The molecule has 0 aliphatic heterocycles. The third kappa shape index (κ3) is 1.51. The zero-order valence-corrected chi connectivity index (χ0v) is 6.87. The number of aromatic nitrogens is 1. The molecular formula is C10H8FNO. The Morgan fingerprint density at radius 3 is 2.85 bits per heavy atom. The third-order valence-electron chi connectivity index (χ3n) is 1.87. The van der Waals surface area contributed by atoms with Crippen LogP contribution < -0.4 is 0 Å². The summed E-state index contributed by atoms with van der Waals surface area (Å²) >= 11 is 0. The summed E-state index contributed by atoms with van der Waals surface area (Å²) < 4.78 is 12.7. The monoisotopic (exact) mass is 177 g/mol. The number of aliphatic hydroxyl groups excluding tert-OH is 1. The minimum atomic E-state index is -0.272. The van der Waals surface area contributed by atoms with E-state index in [1.165, 1.54) is 12.1 Å². The molecule has 2 nitrogen and oxygen atoms in total. The van der Waals surface area contributed by atoms with E-state index in [2.05, 4.69) is 4.98 Å². The summed E-state index contributed by atoms with van der Waals surface area (Å²) in [5.74, 6) is -0.272. The van der Waals surface area contributed by atoms with E-state index in [1.807, 2.05) is 0 Å². The molecule has 0 spiro atoms. The number of nitrogens with zero attached hydrogens (tertiary/aromatic N) is 1. The SMILES string of the molecule is OCc1ccc2cc(F)ccc2n1. The molecule has 0 radical (unpaired) electrons. The second kappa shape index (κ2) is 3.11. The molecule has 0 saturated carbocycles. The first kappa shape index (κ1) is 8.13.